The van der Waals surface area contributed by atoms with Gasteiger partial charge >= 0.3 is 5.97 Å². The molecule has 0 aromatic heterocycles. The van der Waals surface area contributed by atoms with Crippen molar-refractivity contribution in [3.8, 4) is 11.5 Å². The average Bonchev–Trinajstić information content (AvgIpc) is 2.61. The third-order valence-electron chi connectivity index (χ3n) is 3.53. The molecule has 0 saturated heterocycles. The van der Waals surface area contributed by atoms with Crippen LogP contribution < -0.4 is 14.8 Å². The summed E-state index contributed by atoms with van der Waals surface area (Å²) in [6.45, 7) is 0. The minimum Gasteiger partial charge on any atom is -0.493 e. The molecule has 2 rings (SSSR count). The Morgan fingerprint density at radius 3 is 2.29 bits per heavy atom. The van der Waals surface area contributed by atoms with Crippen LogP contribution in [0.3, 0.4) is 0 Å². The molecule has 126 valence electrons. The number of carboxylic acids is 1. The summed E-state index contributed by atoms with van der Waals surface area (Å²) in [5.74, 6) is -0.680. The van der Waals surface area contributed by atoms with E-state index in [1.54, 1.807) is 12.1 Å². The fourth-order valence-electron chi connectivity index (χ4n) is 2.27. The van der Waals surface area contributed by atoms with Crippen LogP contribution in [0.4, 0.5) is 0 Å². The normalized spacial score (nSPS) is 11.4. The molecule has 0 radical (unpaired) electrons. The van der Waals surface area contributed by atoms with E-state index in [0.717, 1.165) is 5.56 Å². The van der Waals surface area contributed by atoms with Gasteiger partial charge < -0.3 is 19.9 Å². The third kappa shape index (κ3) is 4.25. The number of amides is 1. The second-order valence-electron chi connectivity index (χ2n) is 5.12. The van der Waals surface area contributed by atoms with Crippen molar-refractivity contribution in [3.05, 3.63) is 59.7 Å². The van der Waals surface area contributed by atoms with Gasteiger partial charge in [-0.1, -0.05) is 30.3 Å². The second kappa shape index (κ2) is 8.01. The molecular formula is C18H19NO5. The van der Waals surface area contributed by atoms with Crippen molar-refractivity contribution in [1.29, 1.82) is 0 Å². The topological polar surface area (TPSA) is 84.9 Å². The van der Waals surface area contributed by atoms with Crippen LogP contribution in [0.5, 0.6) is 11.5 Å². The molecule has 6 nitrogen and oxygen atoms in total. The zero-order valence-corrected chi connectivity index (χ0v) is 13.5. The van der Waals surface area contributed by atoms with E-state index in [4.69, 9.17) is 9.47 Å². The Balaban J connectivity index is 2.14. The van der Waals surface area contributed by atoms with Gasteiger partial charge in [-0.3, -0.25) is 4.79 Å². The number of ether oxygens (including phenoxy) is 2. The summed E-state index contributed by atoms with van der Waals surface area (Å²) in [6.07, 6.45) is 0.204. The first-order chi connectivity index (χ1) is 11.5. The first-order valence-electron chi connectivity index (χ1n) is 7.34. The quantitative estimate of drug-likeness (QED) is 0.813. The highest BCUT2D eigenvalue weighted by Crippen LogP contribution is 2.27. The van der Waals surface area contributed by atoms with Gasteiger partial charge in [0, 0.05) is 12.0 Å². The van der Waals surface area contributed by atoms with Crippen molar-refractivity contribution >= 4 is 11.9 Å². The van der Waals surface area contributed by atoms with Crippen LogP contribution in [0, 0.1) is 0 Å². The highest BCUT2D eigenvalue weighted by atomic mass is 16.5. The van der Waals surface area contributed by atoms with E-state index in [-0.39, 0.29) is 6.42 Å². The van der Waals surface area contributed by atoms with Gasteiger partial charge in [0.25, 0.3) is 5.91 Å². The van der Waals surface area contributed by atoms with Gasteiger partial charge in [-0.2, -0.15) is 0 Å². The summed E-state index contributed by atoms with van der Waals surface area (Å²) in [5, 5.41) is 11.9. The number of carbonyl (C=O) groups excluding carboxylic acids is 1. The average molecular weight is 329 g/mol. The molecule has 0 aliphatic carbocycles. The van der Waals surface area contributed by atoms with Crippen LogP contribution in [0.2, 0.25) is 0 Å². The maximum absolute atomic E-state index is 12.3. The lowest BCUT2D eigenvalue weighted by Crippen LogP contribution is -2.42. The van der Waals surface area contributed by atoms with Crippen molar-refractivity contribution in [2.75, 3.05) is 14.2 Å². The lowest BCUT2D eigenvalue weighted by Gasteiger charge is -2.15. The first kappa shape index (κ1) is 17.3. The molecule has 2 aromatic rings. The van der Waals surface area contributed by atoms with E-state index < -0.39 is 17.9 Å². The highest BCUT2D eigenvalue weighted by Gasteiger charge is 2.21. The van der Waals surface area contributed by atoms with Gasteiger partial charge in [0.15, 0.2) is 11.5 Å². The molecule has 0 bridgehead atoms. The Kier molecular flexibility index (Phi) is 5.78. The van der Waals surface area contributed by atoms with E-state index >= 15 is 0 Å². The highest BCUT2D eigenvalue weighted by molar-refractivity contribution is 5.97. The van der Waals surface area contributed by atoms with Gasteiger partial charge in [0.1, 0.15) is 6.04 Å². The lowest BCUT2D eigenvalue weighted by atomic mass is 10.1. The molecule has 0 heterocycles. The molecule has 2 aromatic carbocycles. The van der Waals surface area contributed by atoms with Crippen molar-refractivity contribution in [2.24, 2.45) is 0 Å². The van der Waals surface area contributed by atoms with Crippen molar-refractivity contribution in [1.82, 2.24) is 5.32 Å². The van der Waals surface area contributed by atoms with Crippen LogP contribution in [0.25, 0.3) is 0 Å². The smallest absolute Gasteiger partial charge is 0.326 e. The number of benzene rings is 2. The number of methoxy groups -OCH3 is 2. The Morgan fingerprint density at radius 1 is 1.04 bits per heavy atom. The molecule has 1 amide bonds. The molecule has 0 unspecified atom stereocenters. The minimum atomic E-state index is -1.09. The first-order valence-corrected chi connectivity index (χ1v) is 7.34. The predicted molar refractivity (Wildman–Crippen MR) is 88.6 cm³/mol. The van der Waals surface area contributed by atoms with E-state index in [9.17, 15) is 14.7 Å². The van der Waals surface area contributed by atoms with Gasteiger partial charge in [-0.05, 0) is 23.8 Å². The summed E-state index contributed by atoms with van der Waals surface area (Å²) < 4.78 is 10.3. The third-order valence-corrected chi connectivity index (χ3v) is 3.53. The van der Waals surface area contributed by atoms with E-state index in [1.807, 2.05) is 30.3 Å². The molecule has 0 aliphatic heterocycles. The number of hydrogen-bond donors (Lipinski definition) is 2. The summed E-state index contributed by atoms with van der Waals surface area (Å²) in [4.78, 5) is 23.8. The number of rotatable bonds is 7. The molecular weight excluding hydrogens is 310 g/mol. The zero-order valence-electron chi connectivity index (χ0n) is 13.5. The minimum absolute atomic E-state index is 0.204. The van der Waals surface area contributed by atoms with Gasteiger partial charge in [-0.25, -0.2) is 4.79 Å². The fourth-order valence-corrected chi connectivity index (χ4v) is 2.27. The molecule has 24 heavy (non-hydrogen) atoms. The summed E-state index contributed by atoms with van der Waals surface area (Å²) in [6, 6.07) is 12.8. The van der Waals surface area contributed by atoms with Crippen molar-refractivity contribution < 1.29 is 24.2 Å². The molecule has 0 saturated carbocycles. The SMILES string of the molecule is COc1ccc(C(=O)N[C@H](Cc2ccccc2)C(=O)O)cc1OC. The number of carbonyl (C=O) groups is 2. The Bertz CT molecular complexity index is 715. The van der Waals surface area contributed by atoms with Crippen LogP contribution >= 0.6 is 0 Å². The number of hydrogen-bond acceptors (Lipinski definition) is 4. The van der Waals surface area contributed by atoms with Gasteiger partial charge in [0.05, 0.1) is 14.2 Å². The largest absolute Gasteiger partial charge is 0.493 e. The Hall–Kier alpha value is -3.02. The van der Waals surface area contributed by atoms with Crippen LogP contribution in [-0.2, 0) is 11.2 Å². The number of carboxylic acid groups (broad SMARTS) is 1. The van der Waals surface area contributed by atoms with Gasteiger partial charge in [0.2, 0.25) is 0 Å². The predicted octanol–water partition coefficient (Wildman–Crippen LogP) is 2.13. The summed E-state index contributed by atoms with van der Waals surface area (Å²) in [5.41, 5.74) is 1.13. The van der Waals surface area contributed by atoms with Crippen molar-refractivity contribution in [3.63, 3.8) is 0 Å². The summed E-state index contributed by atoms with van der Waals surface area (Å²) >= 11 is 0. The van der Waals surface area contributed by atoms with Crippen molar-refractivity contribution in [2.45, 2.75) is 12.5 Å². The zero-order chi connectivity index (χ0) is 17.5. The van der Waals surface area contributed by atoms with E-state index in [1.165, 1.54) is 20.3 Å². The van der Waals surface area contributed by atoms with E-state index in [2.05, 4.69) is 5.32 Å². The molecule has 6 heteroatoms. The fraction of sp³-hybridized carbons (Fsp3) is 0.222. The number of aliphatic carboxylic acids is 1. The van der Waals surface area contributed by atoms with E-state index in [0.29, 0.717) is 17.1 Å². The Labute approximate surface area is 140 Å². The summed E-state index contributed by atoms with van der Waals surface area (Å²) in [7, 11) is 2.97. The molecule has 1 atom stereocenters. The lowest BCUT2D eigenvalue weighted by molar-refractivity contribution is -0.139. The van der Waals surface area contributed by atoms with Crippen LogP contribution in [0.15, 0.2) is 48.5 Å². The second-order valence-corrected chi connectivity index (χ2v) is 5.12. The Morgan fingerprint density at radius 2 is 1.71 bits per heavy atom. The maximum Gasteiger partial charge on any atom is 0.326 e. The van der Waals surface area contributed by atoms with Gasteiger partial charge in [-0.15, -0.1) is 0 Å². The van der Waals surface area contributed by atoms with Crippen LogP contribution in [0.1, 0.15) is 15.9 Å². The standard InChI is InChI=1S/C18H19NO5/c1-23-15-9-8-13(11-16(15)24-2)17(20)19-14(18(21)22)10-12-6-4-3-5-7-12/h3-9,11,14H,10H2,1-2H3,(H,19,20)(H,21,22)/t14-/m1/s1. The maximum atomic E-state index is 12.3. The molecule has 0 spiro atoms. The molecule has 2 N–H and O–H groups in total. The molecule has 0 fully saturated rings. The van der Waals surface area contributed by atoms with Crippen LogP contribution in [-0.4, -0.2) is 37.2 Å². The molecule has 0 aliphatic rings. The number of nitrogens with one attached hydrogen (secondary N) is 1. The monoisotopic (exact) mass is 329 g/mol.